The lowest BCUT2D eigenvalue weighted by atomic mass is 10.1. The topological polar surface area (TPSA) is 71.0 Å². The van der Waals surface area contributed by atoms with Crippen LogP contribution in [0.15, 0.2) is 82.9 Å². The van der Waals surface area contributed by atoms with E-state index in [4.69, 9.17) is 5.73 Å². The van der Waals surface area contributed by atoms with Crippen molar-refractivity contribution in [3.05, 3.63) is 72.7 Å². The molecular weight excluding hydrogens is 262 g/mol. The quantitative estimate of drug-likeness (QED) is 0.356. The summed E-state index contributed by atoms with van der Waals surface area (Å²) in [6, 6.07) is 11.4. The maximum Gasteiger partial charge on any atom is 0.117 e. The van der Waals surface area contributed by atoms with Gasteiger partial charge in [-0.05, 0) is 25.1 Å². The Kier molecular flexibility index (Phi) is 4.51. The van der Waals surface area contributed by atoms with Gasteiger partial charge in [0.1, 0.15) is 5.76 Å². The zero-order valence-electron chi connectivity index (χ0n) is 11.8. The Morgan fingerprint density at radius 1 is 1.19 bits per heavy atom. The minimum atomic E-state index is 0.0456. The molecule has 0 unspecified atom stereocenters. The van der Waals surface area contributed by atoms with Gasteiger partial charge in [-0.25, -0.2) is 0 Å². The van der Waals surface area contributed by atoms with E-state index < -0.39 is 0 Å². The second kappa shape index (κ2) is 6.52. The lowest BCUT2D eigenvalue weighted by molar-refractivity contribution is 0.432. The van der Waals surface area contributed by atoms with Crippen LogP contribution in [0.2, 0.25) is 0 Å². The van der Waals surface area contributed by atoms with Gasteiger partial charge in [0.25, 0.3) is 0 Å². The fourth-order valence-corrected chi connectivity index (χ4v) is 1.89. The summed E-state index contributed by atoms with van der Waals surface area (Å²) in [5.41, 5.74) is 7.94. The number of nitrogens with zero attached hydrogens (tertiary/aromatic N) is 2. The van der Waals surface area contributed by atoms with Gasteiger partial charge in [0, 0.05) is 22.5 Å². The molecule has 0 spiro atoms. The summed E-state index contributed by atoms with van der Waals surface area (Å²) in [4.78, 5) is 0. The number of nitrogen functional groups attached to an aromatic ring is 1. The summed E-state index contributed by atoms with van der Waals surface area (Å²) in [5.74, 6) is 0.0456. The Balaban J connectivity index is 2.42. The molecule has 0 fully saturated rings. The predicted molar refractivity (Wildman–Crippen MR) is 87.5 cm³/mol. The van der Waals surface area contributed by atoms with E-state index in [1.165, 1.54) is 12.2 Å². The second-order valence-electron chi connectivity index (χ2n) is 4.41. The molecule has 106 valence electrons. The normalized spacial score (nSPS) is 13.0. The predicted octanol–water partition coefficient (Wildman–Crippen LogP) is 5.04. The molecular formula is C17H17N3O. The van der Waals surface area contributed by atoms with Crippen LogP contribution in [0.5, 0.6) is 0 Å². The number of anilines is 1. The first-order chi connectivity index (χ1) is 10.2. The number of azo groups is 1. The molecule has 0 aliphatic carbocycles. The second-order valence-corrected chi connectivity index (χ2v) is 4.41. The molecule has 4 nitrogen and oxygen atoms in total. The molecule has 0 saturated heterocycles. The molecule has 0 amide bonds. The van der Waals surface area contributed by atoms with Crippen LogP contribution >= 0.6 is 0 Å². The third-order valence-electron chi connectivity index (χ3n) is 3.01. The number of allylic oxidation sites excluding steroid dienone is 3. The molecule has 3 N–H and O–H groups in total. The van der Waals surface area contributed by atoms with Crippen LogP contribution in [-0.4, -0.2) is 5.11 Å². The van der Waals surface area contributed by atoms with Gasteiger partial charge in [-0.2, -0.15) is 5.11 Å². The monoisotopic (exact) mass is 279 g/mol. The molecule has 4 heteroatoms. The zero-order valence-corrected chi connectivity index (χ0v) is 11.8. The number of fused-ring (bicyclic) bond motifs is 1. The summed E-state index contributed by atoms with van der Waals surface area (Å²) in [6.45, 7) is 5.31. The summed E-state index contributed by atoms with van der Waals surface area (Å²) >= 11 is 0. The number of aliphatic hydroxyl groups excluding tert-OH is 1. The SMILES string of the molecule is C=C/C(O)=C\C(=C/C)N=Nc1ccc(N)c2ccccc12. The molecule has 0 heterocycles. The van der Waals surface area contributed by atoms with E-state index in [0.717, 1.165) is 16.5 Å². The number of nitrogens with two attached hydrogens (primary N) is 1. The van der Waals surface area contributed by atoms with E-state index in [9.17, 15) is 5.11 Å². The van der Waals surface area contributed by atoms with E-state index >= 15 is 0 Å². The molecule has 2 aromatic rings. The average molecular weight is 279 g/mol. The first-order valence-electron chi connectivity index (χ1n) is 6.54. The van der Waals surface area contributed by atoms with Crippen molar-refractivity contribution in [2.24, 2.45) is 10.2 Å². The van der Waals surface area contributed by atoms with Gasteiger partial charge in [0.2, 0.25) is 0 Å². The number of aliphatic hydroxyl groups is 1. The summed E-state index contributed by atoms with van der Waals surface area (Å²) in [7, 11) is 0. The summed E-state index contributed by atoms with van der Waals surface area (Å²) in [6.07, 6.45) is 4.59. The van der Waals surface area contributed by atoms with E-state index in [1.54, 1.807) is 6.08 Å². The lowest BCUT2D eigenvalue weighted by Gasteiger charge is -2.04. The van der Waals surface area contributed by atoms with E-state index in [-0.39, 0.29) is 5.76 Å². The molecule has 0 atom stereocenters. The van der Waals surface area contributed by atoms with E-state index in [1.807, 2.05) is 43.3 Å². The van der Waals surface area contributed by atoms with Crippen molar-refractivity contribution in [1.82, 2.24) is 0 Å². The minimum Gasteiger partial charge on any atom is -0.508 e. The maximum absolute atomic E-state index is 9.45. The van der Waals surface area contributed by atoms with Crippen LogP contribution in [0.1, 0.15) is 6.92 Å². The third-order valence-corrected chi connectivity index (χ3v) is 3.01. The van der Waals surface area contributed by atoms with Crippen LogP contribution in [0, 0.1) is 0 Å². The molecule has 0 aliphatic rings. The highest BCUT2D eigenvalue weighted by molar-refractivity contribution is 5.99. The Morgan fingerprint density at radius 3 is 2.57 bits per heavy atom. The highest BCUT2D eigenvalue weighted by Gasteiger charge is 2.02. The van der Waals surface area contributed by atoms with Gasteiger partial charge in [0.05, 0.1) is 11.4 Å². The molecule has 0 bridgehead atoms. The van der Waals surface area contributed by atoms with Gasteiger partial charge in [-0.15, -0.1) is 5.11 Å². The lowest BCUT2D eigenvalue weighted by Crippen LogP contribution is -1.86. The van der Waals surface area contributed by atoms with Gasteiger partial charge in [0.15, 0.2) is 0 Å². The van der Waals surface area contributed by atoms with Crippen molar-refractivity contribution in [3.63, 3.8) is 0 Å². The smallest absolute Gasteiger partial charge is 0.117 e. The van der Waals surface area contributed by atoms with E-state index in [0.29, 0.717) is 11.4 Å². The van der Waals surface area contributed by atoms with Crippen LogP contribution in [-0.2, 0) is 0 Å². The first-order valence-corrected chi connectivity index (χ1v) is 6.54. The van der Waals surface area contributed by atoms with Gasteiger partial charge >= 0.3 is 0 Å². The van der Waals surface area contributed by atoms with Gasteiger partial charge < -0.3 is 10.8 Å². The van der Waals surface area contributed by atoms with Crippen molar-refractivity contribution in [1.29, 1.82) is 0 Å². The van der Waals surface area contributed by atoms with Crippen LogP contribution in [0.3, 0.4) is 0 Å². The number of rotatable bonds is 4. The van der Waals surface area contributed by atoms with Crippen molar-refractivity contribution in [2.75, 3.05) is 5.73 Å². The number of benzene rings is 2. The maximum atomic E-state index is 9.45. The summed E-state index contributed by atoms with van der Waals surface area (Å²) in [5, 5.41) is 19.7. The Labute approximate surface area is 123 Å². The largest absolute Gasteiger partial charge is 0.508 e. The fourth-order valence-electron chi connectivity index (χ4n) is 1.89. The molecule has 21 heavy (non-hydrogen) atoms. The molecule has 0 aliphatic heterocycles. The van der Waals surface area contributed by atoms with Crippen molar-refractivity contribution >= 4 is 22.1 Å². The van der Waals surface area contributed by atoms with Crippen molar-refractivity contribution < 1.29 is 5.11 Å². The Bertz CT molecular complexity index is 758. The highest BCUT2D eigenvalue weighted by atomic mass is 16.3. The van der Waals surface area contributed by atoms with Gasteiger partial charge in [-0.3, -0.25) is 0 Å². The molecule has 2 aromatic carbocycles. The number of hydrogen-bond acceptors (Lipinski definition) is 4. The molecule has 2 rings (SSSR count). The Morgan fingerprint density at radius 2 is 1.90 bits per heavy atom. The fraction of sp³-hybridized carbons (Fsp3) is 0.0588. The highest BCUT2D eigenvalue weighted by Crippen LogP contribution is 2.30. The van der Waals surface area contributed by atoms with Crippen molar-refractivity contribution in [2.45, 2.75) is 6.92 Å². The average Bonchev–Trinajstić information content (AvgIpc) is 2.53. The molecule has 0 saturated carbocycles. The van der Waals surface area contributed by atoms with Crippen molar-refractivity contribution in [3.8, 4) is 0 Å². The van der Waals surface area contributed by atoms with Crippen LogP contribution < -0.4 is 5.73 Å². The molecule has 0 aromatic heterocycles. The first kappa shape index (κ1) is 14.5. The zero-order chi connectivity index (χ0) is 15.2. The standard InChI is InChI=1S/C17H17N3O/c1-3-12(11-13(21)4-2)19-20-17-10-9-16(18)14-7-5-6-8-15(14)17/h3-11,21H,2,18H2,1H3/b12-3+,13-11+,20-19?. The molecule has 0 radical (unpaired) electrons. The summed E-state index contributed by atoms with van der Waals surface area (Å²) < 4.78 is 0. The van der Waals surface area contributed by atoms with Crippen LogP contribution in [0.25, 0.3) is 10.8 Å². The van der Waals surface area contributed by atoms with E-state index in [2.05, 4.69) is 16.8 Å². The number of hydrogen-bond donors (Lipinski definition) is 2. The van der Waals surface area contributed by atoms with Gasteiger partial charge in [-0.1, -0.05) is 36.9 Å². The Hall–Kier alpha value is -2.88. The van der Waals surface area contributed by atoms with Crippen LogP contribution in [0.4, 0.5) is 11.4 Å². The third kappa shape index (κ3) is 3.36. The minimum absolute atomic E-state index is 0.0456.